The van der Waals surface area contributed by atoms with E-state index in [0.29, 0.717) is 21.5 Å². The van der Waals surface area contributed by atoms with Crippen LogP contribution in [0.25, 0.3) is 16.7 Å². The number of hydrogen-bond donors (Lipinski definition) is 0. The van der Waals surface area contributed by atoms with Crippen LogP contribution in [-0.4, -0.2) is 14.5 Å². The maximum atomic E-state index is 14.2. The summed E-state index contributed by atoms with van der Waals surface area (Å²) < 4.78 is 16.7. The van der Waals surface area contributed by atoms with Crippen molar-refractivity contribution in [1.29, 1.82) is 0 Å². The van der Waals surface area contributed by atoms with E-state index in [-0.39, 0.29) is 11.2 Å². The van der Waals surface area contributed by atoms with Gasteiger partial charge < -0.3 is 0 Å². The molecule has 3 rings (SSSR count). The third kappa shape index (κ3) is 2.21. The van der Waals surface area contributed by atoms with Crippen LogP contribution in [-0.2, 0) is 0 Å². The molecule has 0 saturated carbocycles. The van der Waals surface area contributed by atoms with Crippen molar-refractivity contribution in [1.82, 2.24) is 14.5 Å². The highest BCUT2D eigenvalue weighted by Gasteiger charge is 2.18. The van der Waals surface area contributed by atoms with Crippen molar-refractivity contribution in [2.75, 3.05) is 0 Å². The van der Waals surface area contributed by atoms with Crippen LogP contribution in [0, 0.1) is 5.82 Å². The Bertz CT molecular complexity index is 785. The van der Waals surface area contributed by atoms with Gasteiger partial charge in [-0.05, 0) is 31.2 Å². The molecule has 1 unspecified atom stereocenters. The highest BCUT2D eigenvalue weighted by Crippen LogP contribution is 2.29. The van der Waals surface area contributed by atoms with E-state index in [0.717, 1.165) is 5.52 Å². The number of fused-ring (bicyclic) bond motifs is 1. The van der Waals surface area contributed by atoms with Gasteiger partial charge in [-0.25, -0.2) is 9.37 Å². The fourth-order valence-electron chi connectivity index (χ4n) is 2.13. The molecule has 0 radical (unpaired) electrons. The molecule has 0 bridgehead atoms. The first kappa shape index (κ1) is 13.5. The molecular weight excluding hydrogens is 345 g/mol. The lowest BCUT2D eigenvalue weighted by Crippen LogP contribution is -2.04. The van der Waals surface area contributed by atoms with Crippen molar-refractivity contribution < 1.29 is 4.39 Å². The van der Waals surface area contributed by atoms with Gasteiger partial charge in [-0.3, -0.25) is 9.55 Å². The van der Waals surface area contributed by atoms with Gasteiger partial charge in [0.05, 0.1) is 22.8 Å². The van der Waals surface area contributed by atoms with Crippen LogP contribution in [0.3, 0.4) is 0 Å². The van der Waals surface area contributed by atoms with Crippen LogP contribution in [0.15, 0.2) is 41.1 Å². The molecular formula is C14H10BrClFN3. The third-order valence-electron chi connectivity index (χ3n) is 2.99. The first-order valence-electron chi connectivity index (χ1n) is 6.00. The first-order chi connectivity index (χ1) is 9.58. The number of pyridine rings is 1. The van der Waals surface area contributed by atoms with Gasteiger partial charge in [0, 0.05) is 10.7 Å². The number of rotatable bonds is 2. The van der Waals surface area contributed by atoms with Gasteiger partial charge in [0.1, 0.15) is 17.2 Å². The van der Waals surface area contributed by atoms with Crippen LogP contribution in [0.4, 0.5) is 4.39 Å². The molecule has 20 heavy (non-hydrogen) atoms. The van der Waals surface area contributed by atoms with Crippen molar-refractivity contribution in [3.8, 4) is 5.69 Å². The van der Waals surface area contributed by atoms with Gasteiger partial charge >= 0.3 is 0 Å². The minimum Gasteiger partial charge on any atom is -0.292 e. The Morgan fingerprint density at radius 3 is 2.85 bits per heavy atom. The van der Waals surface area contributed by atoms with Crippen LogP contribution in [0.2, 0.25) is 0 Å². The van der Waals surface area contributed by atoms with Gasteiger partial charge in [0.25, 0.3) is 0 Å². The molecule has 0 spiro atoms. The predicted octanol–water partition coefficient (Wildman–Crippen LogP) is 4.62. The average molecular weight is 355 g/mol. The molecule has 3 aromatic rings. The third-order valence-corrected chi connectivity index (χ3v) is 3.68. The Morgan fingerprint density at radius 2 is 2.15 bits per heavy atom. The minimum atomic E-state index is -0.342. The fourth-order valence-corrected chi connectivity index (χ4v) is 2.61. The molecule has 102 valence electrons. The number of halogens is 3. The summed E-state index contributed by atoms with van der Waals surface area (Å²) in [5.74, 6) is 0.255. The van der Waals surface area contributed by atoms with E-state index in [2.05, 4.69) is 25.9 Å². The number of alkyl halides is 1. The molecule has 0 saturated heterocycles. The Hall–Kier alpha value is -1.46. The zero-order chi connectivity index (χ0) is 14.3. The van der Waals surface area contributed by atoms with Gasteiger partial charge in [-0.2, -0.15) is 0 Å². The molecule has 0 fully saturated rings. The molecule has 0 aliphatic carbocycles. The van der Waals surface area contributed by atoms with E-state index in [4.69, 9.17) is 11.6 Å². The van der Waals surface area contributed by atoms with E-state index in [9.17, 15) is 4.39 Å². The maximum absolute atomic E-state index is 14.2. The van der Waals surface area contributed by atoms with E-state index in [1.165, 1.54) is 6.07 Å². The van der Waals surface area contributed by atoms with Crippen molar-refractivity contribution in [3.63, 3.8) is 0 Å². The lowest BCUT2D eigenvalue weighted by Gasteiger charge is -2.11. The summed E-state index contributed by atoms with van der Waals surface area (Å²) in [5.41, 5.74) is 1.89. The molecule has 2 aromatic heterocycles. The second-order valence-electron chi connectivity index (χ2n) is 4.38. The Morgan fingerprint density at radius 1 is 1.35 bits per heavy atom. The normalized spacial score (nSPS) is 12.8. The number of imidazole rings is 1. The lowest BCUT2D eigenvalue weighted by atomic mass is 10.2. The monoisotopic (exact) mass is 353 g/mol. The molecule has 6 heteroatoms. The highest BCUT2D eigenvalue weighted by molar-refractivity contribution is 9.10. The standard InChI is InChI=1S/C14H10BrClFN3/c1-8(16)14-19-11-7-18-5-4-13(11)20(14)12-3-2-9(15)6-10(12)17/h2-8H,1H3. The van der Waals surface area contributed by atoms with Crippen LogP contribution >= 0.6 is 27.5 Å². The molecule has 0 N–H and O–H groups in total. The number of aromatic nitrogens is 3. The molecule has 0 aliphatic heterocycles. The van der Waals surface area contributed by atoms with E-state index >= 15 is 0 Å². The summed E-state index contributed by atoms with van der Waals surface area (Å²) in [6.07, 6.45) is 3.30. The largest absolute Gasteiger partial charge is 0.292 e. The SMILES string of the molecule is CC(Cl)c1nc2cnccc2n1-c1ccc(Br)cc1F. The fraction of sp³-hybridized carbons (Fsp3) is 0.143. The van der Waals surface area contributed by atoms with Gasteiger partial charge in [-0.15, -0.1) is 11.6 Å². The molecule has 1 atom stereocenters. The van der Waals surface area contributed by atoms with Gasteiger partial charge in [0.15, 0.2) is 0 Å². The Kier molecular flexibility index (Phi) is 3.48. The van der Waals surface area contributed by atoms with E-state index in [1.54, 1.807) is 35.2 Å². The summed E-state index contributed by atoms with van der Waals surface area (Å²) in [4.78, 5) is 8.48. The summed E-state index contributed by atoms with van der Waals surface area (Å²) in [6.45, 7) is 1.81. The summed E-state index contributed by atoms with van der Waals surface area (Å²) >= 11 is 9.43. The van der Waals surface area contributed by atoms with Crippen LogP contribution in [0.1, 0.15) is 18.1 Å². The van der Waals surface area contributed by atoms with Crippen molar-refractivity contribution >= 4 is 38.6 Å². The smallest absolute Gasteiger partial charge is 0.148 e. The van der Waals surface area contributed by atoms with Crippen LogP contribution in [0.5, 0.6) is 0 Å². The molecule has 2 heterocycles. The second-order valence-corrected chi connectivity index (χ2v) is 5.95. The first-order valence-corrected chi connectivity index (χ1v) is 7.22. The zero-order valence-corrected chi connectivity index (χ0v) is 12.9. The van der Waals surface area contributed by atoms with E-state index in [1.807, 2.05) is 6.92 Å². The molecule has 3 nitrogen and oxygen atoms in total. The van der Waals surface area contributed by atoms with Crippen molar-refractivity contribution in [2.45, 2.75) is 12.3 Å². The average Bonchev–Trinajstić information content (AvgIpc) is 2.78. The van der Waals surface area contributed by atoms with Crippen molar-refractivity contribution in [2.24, 2.45) is 0 Å². The zero-order valence-electron chi connectivity index (χ0n) is 10.5. The quantitative estimate of drug-likeness (QED) is 0.629. The van der Waals surface area contributed by atoms with Crippen LogP contribution < -0.4 is 0 Å². The van der Waals surface area contributed by atoms with Gasteiger partial charge in [0.2, 0.25) is 0 Å². The second kappa shape index (κ2) is 5.14. The molecule has 0 aliphatic rings. The van der Waals surface area contributed by atoms with Crippen molar-refractivity contribution in [3.05, 3.63) is 52.8 Å². The summed E-state index contributed by atoms with van der Waals surface area (Å²) in [7, 11) is 0. The lowest BCUT2D eigenvalue weighted by molar-refractivity contribution is 0.615. The Labute approximate surface area is 128 Å². The number of nitrogens with zero attached hydrogens (tertiary/aromatic N) is 3. The number of hydrogen-bond acceptors (Lipinski definition) is 2. The topological polar surface area (TPSA) is 30.7 Å². The molecule has 0 amide bonds. The minimum absolute atomic E-state index is 0.339. The predicted molar refractivity (Wildman–Crippen MR) is 80.8 cm³/mol. The van der Waals surface area contributed by atoms with Gasteiger partial charge in [-0.1, -0.05) is 15.9 Å². The number of benzene rings is 1. The van der Waals surface area contributed by atoms with E-state index < -0.39 is 0 Å². The molecule has 1 aromatic carbocycles. The maximum Gasteiger partial charge on any atom is 0.148 e. The Balaban J connectivity index is 2.36. The highest BCUT2D eigenvalue weighted by atomic mass is 79.9. The summed E-state index contributed by atoms with van der Waals surface area (Å²) in [5, 5.41) is -0.342. The summed E-state index contributed by atoms with van der Waals surface area (Å²) in [6, 6.07) is 6.70.